The molecule has 0 aromatic rings. The van der Waals surface area contributed by atoms with E-state index in [-0.39, 0.29) is 0 Å². The summed E-state index contributed by atoms with van der Waals surface area (Å²) in [6.45, 7) is 13.4. The van der Waals surface area contributed by atoms with Crippen LogP contribution in [0.3, 0.4) is 0 Å². The van der Waals surface area contributed by atoms with E-state index in [1.165, 1.54) is 52.0 Å². The molecule has 1 saturated heterocycles. The second-order valence-corrected chi connectivity index (χ2v) is 7.10. The van der Waals surface area contributed by atoms with E-state index in [1.807, 2.05) is 0 Å². The van der Waals surface area contributed by atoms with Crippen molar-refractivity contribution in [3.8, 4) is 0 Å². The molecule has 2 fully saturated rings. The van der Waals surface area contributed by atoms with Crippen LogP contribution in [0, 0.1) is 5.41 Å². The van der Waals surface area contributed by atoms with E-state index in [9.17, 15) is 0 Å². The minimum Gasteiger partial charge on any atom is -0.316 e. The molecule has 0 spiro atoms. The third-order valence-electron chi connectivity index (χ3n) is 4.60. The quantitative estimate of drug-likeness (QED) is 0.806. The molecule has 3 heteroatoms. The van der Waals surface area contributed by atoms with E-state index in [1.54, 1.807) is 0 Å². The van der Waals surface area contributed by atoms with Crippen LogP contribution in [0.2, 0.25) is 0 Å². The zero-order valence-electron chi connectivity index (χ0n) is 12.7. The third kappa shape index (κ3) is 3.94. The first kappa shape index (κ1) is 14.3. The van der Waals surface area contributed by atoms with Crippen molar-refractivity contribution in [3.63, 3.8) is 0 Å². The summed E-state index contributed by atoms with van der Waals surface area (Å²) in [6, 6.07) is 1.57. The van der Waals surface area contributed by atoms with Gasteiger partial charge in [0, 0.05) is 38.3 Å². The van der Waals surface area contributed by atoms with E-state index in [0.717, 1.165) is 6.04 Å². The second kappa shape index (κ2) is 5.89. The summed E-state index contributed by atoms with van der Waals surface area (Å²) in [5, 5.41) is 3.48. The Morgan fingerprint density at radius 1 is 1.11 bits per heavy atom. The smallest absolute Gasteiger partial charge is 0.0125 e. The molecule has 3 nitrogen and oxygen atoms in total. The molecule has 0 aromatic carbocycles. The fourth-order valence-corrected chi connectivity index (χ4v) is 3.11. The highest BCUT2D eigenvalue weighted by Gasteiger charge is 2.31. The number of hydrogen-bond donors (Lipinski definition) is 1. The summed E-state index contributed by atoms with van der Waals surface area (Å²) in [5.74, 6) is 0. The highest BCUT2D eigenvalue weighted by Crippen LogP contribution is 2.27. The van der Waals surface area contributed by atoms with Crippen LogP contribution in [0.1, 0.15) is 40.0 Å². The molecule has 18 heavy (non-hydrogen) atoms. The lowest BCUT2D eigenvalue weighted by atomic mass is 9.85. The van der Waals surface area contributed by atoms with Gasteiger partial charge >= 0.3 is 0 Å². The monoisotopic (exact) mass is 253 g/mol. The maximum atomic E-state index is 3.48. The van der Waals surface area contributed by atoms with Gasteiger partial charge < -0.3 is 10.2 Å². The molecule has 0 amide bonds. The molecule has 1 unspecified atom stereocenters. The number of nitrogens with zero attached hydrogens (tertiary/aromatic N) is 2. The zero-order valence-corrected chi connectivity index (χ0v) is 12.7. The lowest BCUT2D eigenvalue weighted by Gasteiger charge is -2.37. The van der Waals surface area contributed by atoms with Gasteiger partial charge in [0.2, 0.25) is 0 Å². The Morgan fingerprint density at radius 3 is 2.17 bits per heavy atom. The third-order valence-corrected chi connectivity index (χ3v) is 4.60. The van der Waals surface area contributed by atoms with Gasteiger partial charge in [-0.3, -0.25) is 4.90 Å². The largest absolute Gasteiger partial charge is 0.316 e. The number of hydrogen-bond acceptors (Lipinski definition) is 3. The maximum Gasteiger partial charge on any atom is 0.0125 e. The molecule has 2 aliphatic rings. The molecule has 1 aliphatic heterocycles. The lowest BCUT2D eigenvalue weighted by Crippen LogP contribution is -2.49. The van der Waals surface area contributed by atoms with E-state index in [0.29, 0.717) is 11.5 Å². The van der Waals surface area contributed by atoms with Crippen LogP contribution in [0.5, 0.6) is 0 Å². The van der Waals surface area contributed by atoms with Crippen molar-refractivity contribution in [2.45, 2.75) is 52.1 Å². The Morgan fingerprint density at radius 2 is 1.72 bits per heavy atom. The molecule has 1 N–H and O–H groups in total. The van der Waals surface area contributed by atoms with Gasteiger partial charge in [-0.1, -0.05) is 20.8 Å². The minimum atomic E-state index is 0.366. The summed E-state index contributed by atoms with van der Waals surface area (Å²) in [7, 11) is 2.10. The number of nitrogens with one attached hydrogen (secondary N) is 1. The lowest BCUT2D eigenvalue weighted by molar-refractivity contribution is 0.116. The van der Waals surface area contributed by atoms with Crippen LogP contribution in [0.15, 0.2) is 0 Å². The van der Waals surface area contributed by atoms with Crippen molar-refractivity contribution >= 4 is 0 Å². The van der Waals surface area contributed by atoms with E-state index in [2.05, 4.69) is 42.9 Å². The van der Waals surface area contributed by atoms with Gasteiger partial charge in [-0.2, -0.15) is 0 Å². The molecule has 1 saturated carbocycles. The van der Waals surface area contributed by atoms with E-state index < -0.39 is 0 Å². The highest BCUT2D eigenvalue weighted by molar-refractivity contribution is 4.88. The van der Waals surface area contributed by atoms with Gasteiger partial charge in [0.25, 0.3) is 0 Å². The summed E-state index contributed by atoms with van der Waals surface area (Å²) < 4.78 is 0. The SMILES string of the molecule is CNC(CCN1CCN(C2CC2)CC1)C(C)(C)C. The van der Waals surface area contributed by atoms with Gasteiger partial charge in [0.15, 0.2) is 0 Å². The van der Waals surface area contributed by atoms with E-state index in [4.69, 9.17) is 0 Å². The fraction of sp³-hybridized carbons (Fsp3) is 1.00. The van der Waals surface area contributed by atoms with Crippen molar-refractivity contribution in [1.29, 1.82) is 0 Å². The Labute approximate surface area is 113 Å². The normalized spacial score (nSPS) is 25.3. The topological polar surface area (TPSA) is 18.5 Å². The average molecular weight is 253 g/mol. The first-order valence-corrected chi connectivity index (χ1v) is 7.64. The number of piperazine rings is 1. The molecule has 1 aliphatic carbocycles. The van der Waals surface area contributed by atoms with Gasteiger partial charge in [-0.15, -0.1) is 0 Å². The van der Waals surface area contributed by atoms with Crippen molar-refractivity contribution in [3.05, 3.63) is 0 Å². The summed E-state index contributed by atoms with van der Waals surface area (Å²) in [6.07, 6.45) is 4.17. The molecule has 1 atom stereocenters. The Balaban J connectivity index is 1.67. The molecular formula is C15H31N3. The molecule has 0 bridgehead atoms. The average Bonchev–Trinajstić information content (AvgIpc) is 3.13. The van der Waals surface area contributed by atoms with Crippen molar-refractivity contribution in [2.75, 3.05) is 39.8 Å². The summed E-state index contributed by atoms with van der Waals surface area (Å²) >= 11 is 0. The minimum absolute atomic E-state index is 0.366. The fourth-order valence-electron chi connectivity index (χ4n) is 3.11. The molecule has 0 aromatic heterocycles. The first-order valence-electron chi connectivity index (χ1n) is 7.64. The number of rotatable bonds is 5. The van der Waals surface area contributed by atoms with Crippen LogP contribution >= 0.6 is 0 Å². The van der Waals surface area contributed by atoms with Crippen LogP contribution < -0.4 is 5.32 Å². The van der Waals surface area contributed by atoms with Gasteiger partial charge in [0.1, 0.15) is 0 Å². The van der Waals surface area contributed by atoms with Crippen LogP contribution in [-0.2, 0) is 0 Å². The predicted octanol–water partition coefficient (Wildman–Crippen LogP) is 1.79. The van der Waals surface area contributed by atoms with Crippen LogP contribution in [0.25, 0.3) is 0 Å². The zero-order chi connectivity index (χ0) is 13.2. The van der Waals surface area contributed by atoms with Crippen molar-refractivity contribution in [2.24, 2.45) is 5.41 Å². The first-order chi connectivity index (χ1) is 8.50. The van der Waals surface area contributed by atoms with E-state index >= 15 is 0 Å². The molecular weight excluding hydrogens is 222 g/mol. The standard InChI is InChI=1S/C15H31N3/c1-15(2,3)14(16-4)7-8-17-9-11-18(12-10-17)13-5-6-13/h13-14,16H,5-12H2,1-4H3. The van der Waals surface area contributed by atoms with Gasteiger partial charge in [-0.25, -0.2) is 0 Å². The summed E-state index contributed by atoms with van der Waals surface area (Å²) in [5.41, 5.74) is 0.366. The van der Waals surface area contributed by atoms with Crippen molar-refractivity contribution < 1.29 is 0 Å². The summed E-state index contributed by atoms with van der Waals surface area (Å²) in [4.78, 5) is 5.34. The van der Waals surface area contributed by atoms with Crippen LogP contribution in [-0.4, -0.2) is 61.7 Å². The molecule has 106 valence electrons. The Bertz CT molecular complexity index is 247. The Hall–Kier alpha value is -0.120. The van der Waals surface area contributed by atoms with Crippen LogP contribution in [0.4, 0.5) is 0 Å². The highest BCUT2D eigenvalue weighted by atomic mass is 15.3. The Kier molecular flexibility index (Phi) is 4.68. The van der Waals surface area contributed by atoms with Gasteiger partial charge in [0.05, 0.1) is 0 Å². The molecule has 0 radical (unpaired) electrons. The molecule has 1 heterocycles. The van der Waals surface area contributed by atoms with Gasteiger partial charge in [-0.05, 0) is 38.3 Å². The predicted molar refractivity (Wildman–Crippen MR) is 78.0 cm³/mol. The maximum absolute atomic E-state index is 3.48. The second-order valence-electron chi connectivity index (χ2n) is 7.10. The van der Waals surface area contributed by atoms with Crippen molar-refractivity contribution in [1.82, 2.24) is 15.1 Å². The molecule has 2 rings (SSSR count).